The molecule has 4 nitrogen and oxygen atoms in total. The van der Waals surface area contributed by atoms with Crippen molar-refractivity contribution < 1.29 is 4.79 Å². The summed E-state index contributed by atoms with van der Waals surface area (Å²) < 4.78 is 0. The van der Waals surface area contributed by atoms with E-state index in [0.717, 1.165) is 12.2 Å². The van der Waals surface area contributed by atoms with Crippen LogP contribution in [0.4, 0.5) is 0 Å². The van der Waals surface area contributed by atoms with Crippen molar-refractivity contribution in [1.82, 2.24) is 15.3 Å². The number of carbonyl (C=O) groups excluding carboxylic acids is 1. The number of aromatic amines is 1. The summed E-state index contributed by atoms with van der Waals surface area (Å²) in [4.78, 5) is 18.1. The van der Waals surface area contributed by atoms with Crippen LogP contribution in [0.1, 0.15) is 18.7 Å². The minimum Gasteiger partial charge on any atom is -0.356 e. The predicted molar refractivity (Wildman–Crippen MR) is 53.4 cm³/mol. The molecular formula is C10H13N3O. The molecule has 1 heterocycles. The highest BCUT2D eigenvalue weighted by Gasteiger charge is 1.99. The van der Waals surface area contributed by atoms with Gasteiger partial charge in [-0.15, -0.1) is 12.3 Å². The molecule has 0 aliphatic carbocycles. The Hall–Kier alpha value is -1.76. The summed E-state index contributed by atoms with van der Waals surface area (Å²) in [5, 5.41) is 2.76. The fourth-order valence-electron chi connectivity index (χ4n) is 1.03. The van der Waals surface area contributed by atoms with E-state index in [1.54, 1.807) is 12.4 Å². The first kappa shape index (κ1) is 10.3. The van der Waals surface area contributed by atoms with E-state index < -0.39 is 0 Å². The molecule has 0 spiro atoms. The number of H-pyrrole nitrogens is 1. The molecule has 1 aromatic rings. The van der Waals surface area contributed by atoms with E-state index in [0.29, 0.717) is 19.4 Å². The number of aromatic nitrogens is 2. The van der Waals surface area contributed by atoms with Crippen molar-refractivity contribution in [3.8, 4) is 12.3 Å². The Morgan fingerprint density at radius 1 is 1.71 bits per heavy atom. The molecule has 0 radical (unpaired) electrons. The fourth-order valence-corrected chi connectivity index (χ4v) is 1.03. The molecule has 1 aromatic heterocycles. The van der Waals surface area contributed by atoms with E-state index in [4.69, 9.17) is 6.42 Å². The lowest BCUT2D eigenvalue weighted by Crippen LogP contribution is -2.25. The topological polar surface area (TPSA) is 57.8 Å². The smallest absolute Gasteiger partial charge is 0.220 e. The van der Waals surface area contributed by atoms with Crippen molar-refractivity contribution in [2.45, 2.75) is 19.3 Å². The number of imidazole rings is 1. The van der Waals surface area contributed by atoms with E-state index >= 15 is 0 Å². The van der Waals surface area contributed by atoms with Gasteiger partial charge in [0.15, 0.2) is 0 Å². The molecule has 0 fully saturated rings. The largest absolute Gasteiger partial charge is 0.356 e. The summed E-state index contributed by atoms with van der Waals surface area (Å²) in [6.07, 6.45) is 10.1. The Labute approximate surface area is 83.1 Å². The predicted octanol–water partition coefficient (Wildman–Crippen LogP) is 0.482. The zero-order chi connectivity index (χ0) is 10.2. The highest BCUT2D eigenvalue weighted by Crippen LogP contribution is 1.89. The van der Waals surface area contributed by atoms with Crippen molar-refractivity contribution in [3.63, 3.8) is 0 Å². The third-order valence-corrected chi connectivity index (χ3v) is 1.74. The van der Waals surface area contributed by atoms with Crippen LogP contribution in [0.2, 0.25) is 0 Å². The molecule has 14 heavy (non-hydrogen) atoms. The van der Waals surface area contributed by atoms with Crippen LogP contribution in [-0.2, 0) is 11.2 Å². The molecule has 1 amide bonds. The fraction of sp³-hybridized carbons (Fsp3) is 0.400. The van der Waals surface area contributed by atoms with Crippen molar-refractivity contribution >= 4 is 5.91 Å². The molecule has 0 saturated carbocycles. The quantitative estimate of drug-likeness (QED) is 0.665. The number of carbonyl (C=O) groups is 1. The van der Waals surface area contributed by atoms with Crippen LogP contribution in [0.3, 0.4) is 0 Å². The summed E-state index contributed by atoms with van der Waals surface area (Å²) in [5.41, 5.74) is 0. The Kier molecular flexibility index (Phi) is 4.29. The normalized spacial score (nSPS) is 9.36. The Morgan fingerprint density at radius 2 is 2.57 bits per heavy atom. The molecule has 0 unspecified atom stereocenters. The van der Waals surface area contributed by atoms with Gasteiger partial charge in [-0.3, -0.25) is 4.79 Å². The third-order valence-electron chi connectivity index (χ3n) is 1.74. The van der Waals surface area contributed by atoms with Gasteiger partial charge in [0.2, 0.25) is 5.91 Å². The second-order valence-corrected chi connectivity index (χ2v) is 2.84. The summed E-state index contributed by atoms with van der Waals surface area (Å²) in [6, 6.07) is 0. The van der Waals surface area contributed by atoms with Crippen LogP contribution in [0.15, 0.2) is 12.4 Å². The van der Waals surface area contributed by atoms with E-state index in [1.165, 1.54) is 0 Å². The molecule has 4 heteroatoms. The number of hydrogen-bond donors (Lipinski definition) is 2. The molecule has 2 N–H and O–H groups in total. The third kappa shape index (κ3) is 3.76. The van der Waals surface area contributed by atoms with E-state index in [2.05, 4.69) is 21.2 Å². The number of terminal acetylenes is 1. The van der Waals surface area contributed by atoms with Crippen molar-refractivity contribution in [3.05, 3.63) is 18.2 Å². The van der Waals surface area contributed by atoms with Gasteiger partial charge < -0.3 is 10.3 Å². The average Bonchev–Trinajstić information content (AvgIpc) is 2.67. The lowest BCUT2D eigenvalue weighted by atomic mass is 10.3. The Bertz CT molecular complexity index is 311. The first-order valence-corrected chi connectivity index (χ1v) is 4.51. The van der Waals surface area contributed by atoms with Crippen LogP contribution in [0, 0.1) is 12.3 Å². The molecule has 0 aromatic carbocycles. The van der Waals surface area contributed by atoms with Crippen molar-refractivity contribution in [2.24, 2.45) is 0 Å². The maximum absolute atomic E-state index is 11.1. The van der Waals surface area contributed by atoms with Gasteiger partial charge in [0.25, 0.3) is 0 Å². The van der Waals surface area contributed by atoms with E-state index in [9.17, 15) is 4.79 Å². The number of rotatable bonds is 5. The number of hydrogen-bond acceptors (Lipinski definition) is 2. The minimum absolute atomic E-state index is 0.00509. The van der Waals surface area contributed by atoms with E-state index in [-0.39, 0.29) is 5.91 Å². The molecule has 0 bridgehead atoms. The highest BCUT2D eigenvalue weighted by atomic mass is 16.1. The van der Waals surface area contributed by atoms with Crippen LogP contribution in [-0.4, -0.2) is 22.4 Å². The lowest BCUT2D eigenvalue weighted by Gasteiger charge is -2.01. The maximum Gasteiger partial charge on any atom is 0.220 e. The summed E-state index contributed by atoms with van der Waals surface area (Å²) in [6.45, 7) is 0.594. The maximum atomic E-state index is 11.1. The minimum atomic E-state index is -0.00509. The molecule has 0 aliphatic rings. The SMILES string of the molecule is C#CCCC(=O)NCCc1ncc[nH]1. The zero-order valence-electron chi connectivity index (χ0n) is 7.92. The van der Waals surface area contributed by atoms with Crippen LogP contribution >= 0.6 is 0 Å². The second kappa shape index (κ2) is 5.81. The van der Waals surface area contributed by atoms with Gasteiger partial charge in [-0.05, 0) is 0 Å². The summed E-state index contributed by atoms with van der Waals surface area (Å²) in [7, 11) is 0. The monoisotopic (exact) mass is 191 g/mol. The second-order valence-electron chi connectivity index (χ2n) is 2.84. The Balaban J connectivity index is 2.10. The molecule has 1 rings (SSSR count). The number of amides is 1. The van der Waals surface area contributed by atoms with Gasteiger partial charge in [-0.1, -0.05) is 0 Å². The van der Waals surface area contributed by atoms with Gasteiger partial charge in [-0.2, -0.15) is 0 Å². The number of nitrogens with zero attached hydrogens (tertiary/aromatic N) is 1. The summed E-state index contributed by atoms with van der Waals surface area (Å²) >= 11 is 0. The average molecular weight is 191 g/mol. The van der Waals surface area contributed by atoms with Crippen LogP contribution in [0.5, 0.6) is 0 Å². The molecule has 74 valence electrons. The van der Waals surface area contributed by atoms with Gasteiger partial charge in [0.1, 0.15) is 5.82 Å². The lowest BCUT2D eigenvalue weighted by molar-refractivity contribution is -0.120. The van der Waals surface area contributed by atoms with Gasteiger partial charge in [-0.25, -0.2) is 4.98 Å². The number of nitrogens with one attached hydrogen (secondary N) is 2. The van der Waals surface area contributed by atoms with Crippen LogP contribution < -0.4 is 5.32 Å². The molecule has 0 aliphatic heterocycles. The molecule has 0 saturated heterocycles. The summed E-state index contributed by atoms with van der Waals surface area (Å²) in [5.74, 6) is 3.30. The first-order valence-electron chi connectivity index (χ1n) is 4.51. The van der Waals surface area contributed by atoms with Crippen molar-refractivity contribution in [1.29, 1.82) is 0 Å². The van der Waals surface area contributed by atoms with Crippen LogP contribution in [0.25, 0.3) is 0 Å². The standard InChI is InChI=1S/C10H13N3O/c1-2-3-4-10(14)13-6-5-9-11-7-8-12-9/h1,7-8H,3-6H2,(H,11,12)(H,13,14). The molecular weight excluding hydrogens is 178 g/mol. The zero-order valence-corrected chi connectivity index (χ0v) is 7.92. The Morgan fingerprint density at radius 3 is 3.21 bits per heavy atom. The first-order chi connectivity index (χ1) is 6.83. The van der Waals surface area contributed by atoms with Gasteiger partial charge in [0, 0.05) is 38.2 Å². The van der Waals surface area contributed by atoms with Crippen molar-refractivity contribution in [2.75, 3.05) is 6.54 Å². The molecule has 0 atom stereocenters. The van der Waals surface area contributed by atoms with Gasteiger partial charge >= 0.3 is 0 Å². The highest BCUT2D eigenvalue weighted by molar-refractivity contribution is 5.76. The van der Waals surface area contributed by atoms with Gasteiger partial charge in [0.05, 0.1) is 0 Å². The van der Waals surface area contributed by atoms with E-state index in [1.807, 2.05) is 0 Å².